The van der Waals surface area contributed by atoms with Crippen LogP contribution in [0.4, 0.5) is 23.0 Å². The zero-order valence-corrected chi connectivity index (χ0v) is 21.9. The van der Waals surface area contributed by atoms with Crippen molar-refractivity contribution in [2.75, 3.05) is 55.9 Å². The van der Waals surface area contributed by atoms with E-state index in [1.165, 1.54) is 18.9 Å². The number of hydrogen-bond donors (Lipinski definition) is 2. The highest BCUT2D eigenvalue weighted by atomic mass is 16.5. The van der Waals surface area contributed by atoms with E-state index in [4.69, 9.17) is 9.72 Å². The average molecular weight is 512 g/mol. The molecule has 9 heteroatoms. The first-order valence-electron chi connectivity index (χ1n) is 12.8. The molecule has 1 saturated heterocycles. The number of carbonyl (C=O) groups excluding carboxylic acids is 1. The van der Waals surface area contributed by atoms with Crippen molar-refractivity contribution in [2.24, 2.45) is 0 Å². The van der Waals surface area contributed by atoms with Crippen LogP contribution in [0.1, 0.15) is 12.8 Å². The Morgan fingerprint density at radius 1 is 1.16 bits per heavy atom. The highest BCUT2D eigenvalue weighted by Crippen LogP contribution is 2.38. The molecule has 3 heterocycles. The summed E-state index contributed by atoms with van der Waals surface area (Å²) in [6.45, 7) is 7.66. The minimum Gasteiger partial charge on any atom is -0.494 e. The molecule has 4 aromatic rings. The number of carbonyl (C=O) groups is 1. The lowest BCUT2D eigenvalue weighted by Crippen LogP contribution is -2.32. The summed E-state index contributed by atoms with van der Waals surface area (Å²) >= 11 is 0. The summed E-state index contributed by atoms with van der Waals surface area (Å²) in [5, 5.41) is 7.37. The number of nitrogens with one attached hydrogen (secondary N) is 2. The second-order valence-corrected chi connectivity index (χ2v) is 9.34. The first-order valence-corrected chi connectivity index (χ1v) is 12.8. The van der Waals surface area contributed by atoms with E-state index in [1.54, 1.807) is 13.3 Å². The van der Waals surface area contributed by atoms with E-state index in [-0.39, 0.29) is 5.91 Å². The van der Waals surface area contributed by atoms with Crippen LogP contribution in [0.25, 0.3) is 16.7 Å². The molecular formula is C29H33N7O2. The minimum absolute atomic E-state index is 0.284. The third kappa shape index (κ3) is 5.47. The van der Waals surface area contributed by atoms with E-state index in [2.05, 4.69) is 50.2 Å². The van der Waals surface area contributed by atoms with Crippen molar-refractivity contribution in [3.8, 4) is 11.6 Å². The highest BCUT2D eigenvalue weighted by Gasteiger charge is 2.18. The molecule has 0 radical (unpaired) electrons. The number of hydrogen-bond acceptors (Lipinski definition) is 7. The topological polar surface area (TPSA) is 87.5 Å². The van der Waals surface area contributed by atoms with Gasteiger partial charge in [0, 0.05) is 38.6 Å². The van der Waals surface area contributed by atoms with Crippen LogP contribution in [0.15, 0.2) is 73.6 Å². The van der Waals surface area contributed by atoms with Crippen LogP contribution in [-0.2, 0) is 4.79 Å². The van der Waals surface area contributed by atoms with E-state index in [1.807, 2.05) is 48.1 Å². The molecule has 9 nitrogen and oxygen atoms in total. The van der Waals surface area contributed by atoms with Gasteiger partial charge in [-0.2, -0.15) is 4.98 Å². The molecule has 1 aliphatic heterocycles. The molecule has 196 valence electrons. The average Bonchev–Trinajstić information content (AvgIpc) is 3.62. The van der Waals surface area contributed by atoms with Crippen molar-refractivity contribution in [1.82, 2.24) is 19.4 Å². The lowest BCUT2D eigenvalue weighted by Gasteiger charge is -2.26. The third-order valence-electron chi connectivity index (χ3n) is 6.86. The van der Waals surface area contributed by atoms with E-state index < -0.39 is 0 Å². The minimum atomic E-state index is -0.284. The van der Waals surface area contributed by atoms with Gasteiger partial charge in [-0.25, -0.2) is 4.98 Å². The fourth-order valence-electron chi connectivity index (χ4n) is 4.80. The van der Waals surface area contributed by atoms with Crippen LogP contribution in [0.2, 0.25) is 0 Å². The van der Waals surface area contributed by atoms with Gasteiger partial charge < -0.3 is 29.7 Å². The number of likely N-dealkylation sites (tertiary alicyclic amines) is 1. The van der Waals surface area contributed by atoms with Gasteiger partial charge in [0.25, 0.3) is 0 Å². The Morgan fingerprint density at radius 2 is 1.97 bits per heavy atom. The quantitative estimate of drug-likeness (QED) is 0.295. The Balaban J connectivity index is 1.44. The molecule has 0 aliphatic carbocycles. The third-order valence-corrected chi connectivity index (χ3v) is 6.86. The monoisotopic (exact) mass is 511 g/mol. The van der Waals surface area contributed by atoms with Crippen molar-refractivity contribution in [2.45, 2.75) is 12.8 Å². The van der Waals surface area contributed by atoms with Crippen molar-refractivity contribution >= 4 is 39.8 Å². The number of rotatable bonds is 10. The molecular weight excluding hydrogens is 478 g/mol. The largest absolute Gasteiger partial charge is 0.494 e. The normalized spacial score (nSPS) is 13.4. The standard InChI is InChI=1S/C29H33N7O2/c1-4-28(37)31-22-19-23(26(38-3)20-25(22)34(2)17-18-35-14-7-8-15-35)32-29-30-13-11-27(33-29)36-16-12-21-9-5-6-10-24(21)36/h4-6,9-13,16,19-20H,1,7-8,14-15,17-18H2,2-3H3,(H,31,37)(H,30,32,33). The summed E-state index contributed by atoms with van der Waals surface area (Å²) in [6.07, 6.45) is 7.48. The number of aromatic nitrogens is 3. The predicted molar refractivity (Wildman–Crippen MR) is 153 cm³/mol. The van der Waals surface area contributed by atoms with E-state index in [9.17, 15) is 4.79 Å². The summed E-state index contributed by atoms with van der Waals surface area (Å²) in [7, 11) is 3.65. The van der Waals surface area contributed by atoms with Crippen LogP contribution in [0, 0.1) is 0 Å². The van der Waals surface area contributed by atoms with Crippen LogP contribution >= 0.6 is 0 Å². The van der Waals surface area contributed by atoms with Gasteiger partial charge in [-0.3, -0.25) is 4.79 Å². The van der Waals surface area contributed by atoms with E-state index in [0.29, 0.717) is 23.1 Å². The number of likely N-dealkylation sites (N-methyl/N-ethyl adjacent to an activating group) is 1. The number of nitrogens with zero attached hydrogens (tertiary/aromatic N) is 5. The molecule has 5 rings (SSSR count). The maximum Gasteiger partial charge on any atom is 0.247 e. The SMILES string of the molecule is C=CC(=O)Nc1cc(Nc2nccc(-n3ccc4ccccc43)n2)c(OC)cc1N(C)CCN1CCCC1. The van der Waals surface area contributed by atoms with Crippen LogP contribution in [0.3, 0.4) is 0 Å². The summed E-state index contributed by atoms with van der Waals surface area (Å²) < 4.78 is 7.76. The highest BCUT2D eigenvalue weighted by molar-refractivity contribution is 6.02. The number of benzene rings is 2. The summed E-state index contributed by atoms with van der Waals surface area (Å²) in [4.78, 5) is 26.1. The van der Waals surface area contributed by atoms with E-state index in [0.717, 1.165) is 48.6 Å². The Kier molecular flexibility index (Phi) is 7.55. The first kappa shape index (κ1) is 25.3. The second kappa shape index (κ2) is 11.4. The van der Waals surface area contributed by atoms with E-state index >= 15 is 0 Å². The molecule has 2 aromatic heterocycles. The Morgan fingerprint density at radius 3 is 2.76 bits per heavy atom. The maximum absolute atomic E-state index is 12.3. The Hall–Kier alpha value is -4.37. The number of methoxy groups -OCH3 is 1. The van der Waals surface area contributed by atoms with Gasteiger partial charge in [-0.15, -0.1) is 0 Å². The number of anilines is 4. The molecule has 1 aliphatic rings. The summed E-state index contributed by atoms with van der Waals surface area (Å²) in [6, 6.07) is 15.8. The molecule has 0 atom stereocenters. The molecule has 0 spiro atoms. The number of amides is 1. The lowest BCUT2D eigenvalue weighted by molar-refractivity contribution is -0.111. The van der Waals surface area contributed by atoms with Crippen molar-refractivity contribution in [1.29, 1.82) is 0 Å². The van der Waals surface area contributed by atoms with Gasteiger partial charge in [0.1, 0.15) is 11.6 Å². The number of ether oxygens (including phenoxy) is 1. The lowest BCUT2D eigenvalue weighted by atomic mass is 10.2. The molecule has 0 saturated carbocycles. The van der Waals surface area contributed by atoms with Crippen molar-refractivity contribution in [3.63, 3.8) is 0 Å². The molecule has 0 unspecified atom stereocenters. The zero-order valence-electron chi connectivity index (χ0n) is 21.9. The van der Waals surface area contributed by atoms with Crippen molar-refractivity contribution in [3.05, 3.63) is 73.6 Å². The first-order chi connectivity index (χ1) is 18.6. The summed E-state index contributed by atoms with van der Waals surface area (Å²) in [5.41, 5.74) is 3.20. The summed E-state index contributed by atoms with van der Waals surface area (Å²) in [5.74, 6) is 1.48. The van der Waals surface area contributed by atoms with Crippen LogP contribution < -0.4 is 20.3 Å². The predicted octanol–water partition coefficient (Wildman–Crippen LogP) is 4.83. The molecule has 1 amide bonds. The van der Waals surface area contributed by atoms with Crippen molar-refractivity contribution < 1.29 is 9.53 Å². The second-order valence-electron chi connectivity index (χ2n) is 9.34. The zero-order chi connectivity index (χ0) is 26.5. The molecule has 38 heavy (non-hydrogen) atoms. The number of para-hydroxylation sites is 1. The fraction of sp³-hybridized carbons (Fsp3) is 0.276. The number of fused-ring (bicyclic) bond motifs is 1. The fourth-order valence-corrected chi connectivity index (χ4v) is 4.80. The smallest absolute Gasteiger partial charge is 0.247 e. The molecule has 0 bridgehead atoms. The van der Waals surface area contributed by atoms with Gasteiger partial charge in [0.05, 0.1) is 29.7 Å². The maximum atomic E-state index is 12.3. The van der Waals surface area contributed by atoms with Gasteiger partial charge in [-0.05, 0) is 61.7 Å². The van der Waals surface area contributed by atoms with Crippen LogP contribution in [-0.4, -0.2) is 65.7 Å². The Labute approximate surface area is 222 Å². The van der Waals surface area contributed by atoms with Crippen LogP contribution in [0.5, 0.6) is 5.75 Å². The van der Waals surface area contributed by atoms with Gasteiger partial charge in [0.15, 0.2) is 0 Å². The van der Waals surface area contributed by atoms with Gasteiger partial charge in [0.2, 0.25) is 11.9 Å². The molecule has 1 fully saturated rings. The molecule has 2 N–H and O–H groups in total. The molecule has 2 aromatic carbocycles. The van der Waals surface area contributed by atoms with Gasteiger partial charge >= 0.3 is 0 Å². The Bertz CT molecular complexity index is 1440. The van der Waals surface area contributed by atoms with Gasteiger partial charge in [-0.1, -0.05) is 24.8 Å².